The summed E-state index contributed by atoms with van der Waals surface area (Å²) in [6, 6.07) is 0. The van der Waals surface area contributed by atoms with Gasteiger partial charge in [0.15, 0.2) is 5.78 Å². The first-order valence-corrected chi connectivity index (χ1v) is 9.22. The van der Waals surface area contributed by atoms with E-state index in [4.69, 9.17) is 0 Å². The Balaban J connectivity index is 1.78. The molecule has 2 bridgehead atoms. The number of hydrogen-bond acceptors (Lipinski definition) is 2. The Morgan fingerprint density at radius 2 is 1.91 bits per heavy atom. The fraction of sp³-hybridized carbons (Fsp3) is 0.850. The number of carbonyl (C=O) groups excluding carboxylic acids is 1. The molecule has 2 heteroatoms. The molecule has 4 aliphatic carbocycles. The fourth-order valence-corrected chi connectivity index (χ4v) is 7.44. The molecule has 0 heterocycles. The summed E-state index contributed by atoms with van der Waals surface area (Å²) in [5, 5.41) is 10.0. The second-order valence-corrected chi connectivity index (χ2v) is 9.30. The van der Waals surface area contributed by atoms with Crippen molar-refractivity contribution in [3.05, 3.63) is 12.2 Å². The highest BCUT2D eigenvalue weighted by atomic mass is 16.3. The van der Waals surface area contributed by atoms with E-state index in [0.717, 1.165) is 37.7 Å². The van der Waals surface area contributed by atoms with Crippen LogP contribution in [0.2, 0.25) is 0 Å². The second kappa shape index (κ2) is 4.47. The van der Waals surface area contributed by atoms with Crippen LogP contribution in [-0.4, -0.2) is 17.5 Å². The predicted octanol–water partition coefficient (Wildman–Crippen LogP) is 4.13. The average Bonchev–Trinajstić information content (AvgIpc) is 2.68. The Hall–Kier alpha value is -0.630. The number of fused-ring (bicyclic) bond motifs is 3. The summed E-state index contributed by atoms with van der Waals surface area (Å²) in [5.41, 5.74) is 1.15. The Bertz CT molecular complexity index is 538. The highest BCUT2D eigenvalue weighted by molar-refractivity contribution is 6.03. The van der Waals surface area contributed by atoms with Gasteiger partial charge in [-0.05, 0) is 79.1 Å². The number of ketones is 1. The van der Waals surface area contributed by atoms with Gasteiger partial charge in [0.1, 0.15) is 0 Å². The van der Waals surface area contributed by atoms with E-state index in [9.17, 15) is 9.90 Å². The molecule has 0 saturated heterocycles. The number of aliphatic hydroxyl groups is 1. The molecular formula is C20H30O2. The Kier molecular flexibility index (Phi) is 3.03. The molecule has 4 fully saturated rings. The molecule has 0 unspecified atom stereocenters. The molecule has 1 spiro atoms. The summed E-state index contributed by atoms with van der Waals surface area (Å²) in [4.78, 5) is 13.0. The van der Waals surface area contributed by atoms with Crippen LogP contribution >= 0.6 is 0 Å². The van der Waals surface area contributed by atoms with Crippen molar-refractivity contribution in [2.45, 2.75) is 65.2 Å². The van der Waals surface area contributed by atoms with Crippen LogP contribution in [0.4, 0.5) is 0 Å². The summed E-state index contributed by atoms with van der Waals surface area (Å²) in [6.45, 7) is 9.18. The maximum atomic E-state index is 13.0. The number of hydrogen-bond donors (Lipinski definition) is 1. The highest BCUT2D eigenvalue weighted by Gasteiger charge is 2.66. The van der Waals surface area contributed by atoms with Gasteiger partial charge >= 0.3 is 0 Å². The van der Waals surface area contributed by atoms with Crippen molar-refractivity contribution < 1.29 is 9.90 Å². The first kappa shape index (κ1) is 14.9. The number of allylic oxidation sites excluding steroid dienone is 1. The molecule has 4 rings (SSSR count). The van der Waals surface area contributed by atoms with Gasteiger partial charge in [-0.2, -0.15) is 0 Å². The van der Waals surface area contributed by atoms with Crippen LogP contribution in [0.1, 0.15) is 65.2 Å². The SMILES string of the molecule is C=C1C(=O)[C@]23CC[C@@H]4[C@@](C)(CO)CCC[C@@]4(C)[C@@H]2CC[C@H]1C3. The molecule has 22 heavy (non-hydrogen) atoms. The van der Waals surface area contributed by atoms with Crippen LogP contribution in [-0.2, 0) is 4.79 Å². The van der Waals surface area contributed by atoms with Crippen LogP contribution in [0, 0.1) is 34.0 Å². The van der Waals surface area contributed by atoms with Gasteiger partial charge in [-0.1, -0.05) is 26.8 Å². The Morgan fingerprint density at radius 1 is 1.14 bits per heavy atom. The molecule has 4 saturated carbocycles. The lowest BCUT2D eigenvalue weighted by Crippen LogP contribution is -2.58. The lowest BCUT2D eigenvalue weighted by molar-refractivity contribution is -0.168. The molecule has 0 aromatic carbocycles. The van der Waals surface area contributed by atoms with Crippen LogP contribution < -0.4 is 0 Å². The monoisotopic (exact) mass is 302 g/mol. The molecule has 0 aromatic rings. The summed E-state index contributed by atoms with van der Waals surface area (Å²) >= 11 is 0. The molecule has 0 radical (unpaired) electrons. The normalized spacial score (nSPS) is 54.0. The lowest BCUT2D eigenvalue weighted by atomic mass is 9.41. The van der Waals surface area contributed by atoms with E-state index >= 15 is 0 Å². The van der Waals surface area contributed by atoms with E-state index in [1.54, 1.807) is 0 Å². The molecular weight excluding hydrogens is 272 g/mol. The van der Waals surface area contributed by atoms with Crippen LogP contribution in [0.15, 0.2) is 12.2 Å². The second-order valence-electron chi connectivity index (χ2n) is 9.30. The summed E-state index contributed by atoms with van der Waals surface area (Å²) in [7, 11) is 0. The van der Waals surface area contributed by atoms with E-state index in [2.05, 4.69) is 20.4 Å². The minimum Gasteiger partial charge on any atom is -0.396 e. The number of rotatable bonds is 1. The first-order chi connectivity index (χ1) is 10.4. The molecule has 2 nitrogen and oxygen atoms in total. The topological polar surface area (TPSA) is 37.3 Å². The van der Waals surface area contributed by atoms with Crippen molar-refractivity contribution in [3.63, 3.8) is 0 Å². The van der Waals surface area contributed by atoms with Gasteiger partial charge in [0.25, 0.3) is 0 Å². The molecule has 0 aliphatic heterocycles. The van der Waals surface area contributed by atoms with Crippen molar-refractivity contribution in [2.24, 2.45) is 34.0 Å². The van der Waals surface area contributed by atoms with Gasteiger partial charge in [0.2, 0.25) is 0 Å². The smallest absolute Gasteiger partial charge is 0.165 e. The van der Waals surface area contributed by atoms with Crippen molar-refractivity contribution >= 4 is 5.78 Å². The van der Waals surface area contributed by atoms with Gasteiger partial charge in [0.05, 0.1) is 0 Å². The summed E-state index contributed by atoms with van der Waals surface area (Å²) < 4.78 is 0. The van der Waals surface area contributed by atoms with E-state index in [-0.39, 0.29) is 16.2 Å². The van der Waals surface area contributed by atoms with Crippen LogP contribution in [0.25, 0.3) is 0 Å². The lowest BCUT2D eigenvalue weighted by Gasteiger charge is -2.63. The number of aliphatic hydroxyl groups excluding tert-OH is 1. The predicted molar refractivity (Wildman–Crippen MR) is 87.3 cm³/mol. The molecule has 0 amide bonds. The third-order valence-corrected chi connectivity index (χ3v) is 8.46. The van der Waals surface area contributed by atoms with Crippen molar-refractivity contribution in [3.8, 4) is 0 Å². The Morgan fingerprint density at radius 3 is 2.64 bits per heavy atom. The average molecular weight is 302 g/mol. The maximum Gasteiger partial charge on any atom is 0.165 e. The van der Waals surface area contributed by atoms with Crippen molar-refractivity contribution in [1.29, 1.82) is 0 Å². The maximum absolute atomic E-state index is 13.0. The minimum atomic E-state index is -0.0844. The fourth-order valence-electron chi connectivity index (χ4n) is 7.44. The standard InChI is InChI=1S/C20H30O2/c1-13-14-5-6-16-19(3)9-4-8-18(2,12-21)15(19)7-10-20(16,11-14)17(13)22/h14-16,21H,1,4-12H2,2-3H3/t14-,15+,16-,18+,19+,20-/m0/s1. The molecule has 6 atom stereocenters. The van der Waals surface area contributed by atoms with Crippen LogP contribution in [0.5, 0.6) is 0 Å². The zero-order valence-electron chi connectivity index (χ0n) is 14.2. The molecule has 122 valence electrons. The minimum absolute atomic E-state index is 0.0596. The van der Waals surface area contributed by atoms with Crippen molar-refractivity contribution in [2.75, 3.05) is 6.61 Å². The summed E-state index contributed by atoms with van der Waals surface area (Å²) in [6.07, 6.45) is 9.19. The highest BCUT2D eigenvalue weighted by Crippen LogP contribution is 2.70. The third kappa shape index (κ3) is 1.58. The van der Waals surface area contributed by atoms with Gasteiger partial charge in [-0.15, -0.1) is 0 Å². The van der Waals surface area contributed by atoms with Gasteiger partial charge in [0, 0.05) is 12.0 Å². The van der Waals surface area contributed by atoms with E-state index in [1.165, 1.54) is 19.3 Å². The molecule has 4 aliphatic rings. The third-order valence-electron chi connectivity index (χ3n) is 8.46. The first-order valence-electron chi connectivity index (χ1n) is 9.22. The summed E-state index contributed by atoms with van der Waals surface area (Å²) in [5.74, 6) is 1.98. The van der Waals surface area contributed by atoms with Gasteiger partial charge in [-0.3, -0.25) is 4.79 Å². The largest absolute Gasteiger partial charge is 0.396 e. The van der Waals surface area contributed by atoms with E-state index < -0.39 is 0 Å². The quantitative estimate of drug-likeness (QED) is 0.740. The van der Waals surface area contributed by atoms with Gasteiger partial charge < -0.3 is 5.11 Å². The zero-order chi connectivity index (χ0) is 15.8. The van der Waals surface area contributed by atoms with E-state index in [0.29, 0.717) is 30.1 Å². The molecule has 1 N–H and O–H groups in total. The van der Waals surface area contributed by atoms with Crippen molar-refractivity contribution in [1.82, 2.24) is 0 Å². The Labute approximate surface area is 134 Å². The molecule has 0 aromatic heterocycles. The van der Waals surface area contributed by atoms with Gasteiger partial charge in [-0.25, -0.2) is 0 Å². The number of carbonyl (C=O) groups is 1. The van der Waals surface area contributed by atoms with E-state index in [1.807, 2.05) is 0 Å². The zero-order valence-corrected chi connectivity index (χ0v) is 14.2. The number of Topliss-reactive ketones (excluding diaryl/α,β-unsaturated/α-hetero) is 1. The van der Waals surface area contributed by atoms with Crippen LogP contribution in [0.3, 0.4) is 0 Å².